The molecule has 3 aromatic rings. The van der Waals surface area contributed by atoms with Gasteiger partial charge in [-0.2, -0.15) is 0 Å². The molecule has 0 fully saturated rings. The molecule has 2 aromatic heterocycles. The highest BCUT2D eigenvalue weighted by Crippen LogP contribution is 2.32. The Morgan fingerprint density at radius 2 is 2.14 bits per heavy atom. The van der Waals surface area contributed by atoms with Gasteiger partial charge in [-0.1, -0.05) is 12.1 Å². The minimum atomic E-state index is -1.06. The minimum absolute atomic E-state index is 0.0899. The summed E-state index contributed by atoms with van der Waals surface area (Å²) < 4.78 is 6.61. The van der Waals surface area contributed by atoms with E-state index in [1.54, 1.807) is 31.4 Å². The lowest BCUT2D eigenvalue weighted by Gasteiger charge is -2.02. The van der Waals surface area contributed by atoms with Crippen molar-refractivity contribution in [2.24, 2.45) is 5.18 Å². The molecule has 7 nitrogen and oxygen atoms in total. The Hall–Kier alpha value is -3.22. The molecule has 22 heavy (non-hydrogen) atoms. The van der Waals surface area contributed by atoms with Crippen molar-refractivity contribution in [2.45, 2.75) is 0 Å². The lowest BCUT2D eigenvalue weighted by molar-refractivity contribution is 0.0697. The fourth-order valence-corrected chi connectivity index (χ4v) is 2.22. The second-order valence-corrected chi connectivity index (χ2v) is 4.56. The number of hydrogen-bond acceptors (Lipinski definition) is 5. The Morgan fingerprint density at radius 3 is 2.82 bits per heavy atom. The Kier molecular flexibility index (Phi) is 3.30. The third kappa shape index (κ3) is 2.18. The smallest absolute Gasteiger partial charge is 0.335 e. The van der Waals surface area contributed by atoms with E-state index in [4.69, 9.17) is 9.84 Å². The number of imidazole rings is 1. The van der Waals surface area contributed by atoms with Crippen LogP contribution in [0.5, 0.6) is 5.75 Å². The van der Waals surface area contributed by atoms with E-state index in [0.717, 1.165) is 0 Å². The molecule has 1 aromatic carbocycles. The molecule has 3 rings (SSSR count). The van der Waals surface area contributed by atoms with Crippen molar-refractivity contribution in [3.05, 3.63) is 53.1 Å². The molecule has 0 radical (unpaired) electrons. The first kappa shape index (κ1) is 13.7. The maximum absolute atomic E-state index is 11.2. The highest BCUT2D eigenvalue weighted by atomic mass is 16.5. The molecule has 0 atom stereocenters. The zero-order valence-electron chi connectivity index (χ0n) is 11.6. The average Bonchev–Trinajstić information content (AvgIpc) is 2.92. The van der Waals surface area contributed by atoms with Gasteiger partial charge in [-0.05, 0) is 29.4 Å². The number of aromatic nitrogens is 2. The summed E-state index contributed by atoms with van der Waals surface area (Å²) in [7, 11) is 1.54. The molecule has 2 heterocycles. The number of methoxy groups -OCH3 is 1. The molecule has 0 aliphatic carbocycles. The van der Waals surface area contributed by atoms with Gasteiger partial charge < -0.3 is 9.84 Å². The summed E-state index contributed by atoms with van der Waals surface area (Å²) in [6.07, 6.45) is 1.46. The first-order valence-electron chi connectivity index (χ1n) is 6.37. The summed E-state index contributed by atoms with van der Waals surface area (Å²) in [5.74, 6) is -0.327. The molecule has 0 unspecified atom stereocenters. The van der Waals surface area contributed by atoms with Gasteiger partial charge in [0.25, 0.3) is 0 Å². The van der Waals surface area contributed by atoms with E-state index in [1.165, 1.54) is 22.7 Å². The standard InChI is InChI=1S/C15H11N3O4/c1-22-11-4-2-3-9(7-11)13-14(17-21)18-6-5-10(15(19)20)8-12(18)16-13/h2-8H,1H3,(H,19,20). The van der Waals surface area contributed by atoms with Gasteiger partial charge in [0.15, 0.2) is 0 Å². The van der Waals surface area contributed by atoms with Crippen molar-refractivity contribution < 1.29 is 14.6 Å². The first-order chi connectivity index (χ1) is 10.6. The Morgan fingerprint density at radius 1 is 1.32 bits per heavy atom. The van der Waals surface area contributed by atoms with Crippen molar-refractivity contribution >= 4 is 17.4 Å². The summed E-state index contributed by atoms with van der Waals surface area (Å²) in [5.41, 5.74) is 1.46. The highest BCUT2D eigenvalue weighted by Gasteiger charge is 2.16. The monoisotopic (exact) mass is 297 g/mol. The number of benzene rings is 1. The zero-order valence-corrected chi connectivity index (χ0v) is 11.6. The van der Waals surface area contributed by atoms with E-state index in [9.17, 15) is 9.70 Å². The minimum Gasteiger partial charge on any atom is -0.497 e. The number of nitrogens with zero attached hydrogens (tertiary/aromatic N) is 3. The van der Waals surface area contributed by atoms with E-state index in [2.05, 4.69) is 10.2 Å². The number of ether oxygens (including phenoxy) is 1. The third-order valence-electron chi connectivity index (χ3n) is 3.28. The Bertz CT molecular complexity index is 886. The van der Waals surface area contributed by atoms with Crippen molar-refractivity contribution in [3.8, 4) is 17.0 Å². The molecule has 110 valence electrons. The van der Waals surface area contributed by atoms with E-state index in [0.29, 0.717) is 22.7 Å². The van der Waals surface area contributed by atoms with Crippen LogP contribution in [0.4, 0.5) is 5.82 Å². The number of carboxylic acid groups (broad SMARTS) is 1. The van der Waals surface area contributed by atoms with Gasteiger partial charge in [-0.25, -0.2) is 9.78 Å². The van der Waals surface area contributed by atoms with Gasteiger partial charge in [0.2, 0.25) is 5.82 Å². The number of rotatable bonds is 4. The third-order valence-corrected chi connectivity index (χ3v) is 3.28. The SMILES string of the molecule is COc1cccc(-c2nc3cc(C(=O)O)ccn3c2N=O)c1. The van der Waals surface area contributed by atoms with Gasteiger partial charge in [0.05, 0.1) is 12.7 Å². The summed E-state index contributed by atoms with van der Waals surface area (Å²) >= 11 is 0. The van der Waals surface area contributed by atoms with Crippen LogP contribution >= 0.6 is 0 Å². The topological polar surface area (TPSA) is 93.3 Å². The number of nitroso groups, excluding NO2 is 1. The van der Waals surface area contributed by atoms with Crippen LogP contribution < -0.4 is 4.74 Å². The molecule has 0 amide bonds. The van der Waals surface area contributed by atoms with Crippen LogP contribution in [0.1, 0.15) is 10.4 Å². The van der Waals surface area contributed by atoms with Crippen LogP contribution in [0.3, 0.4) is 0 Å². The number of carbonyl (C=O) groups is 1. The molecule has 7 heteroatoms. The zero-order chi connectivity index (χ0) is 15.7. The van der Waals surface area contributed by atoms with E-state index >= 15 is 0 Å². The van der Waals surface area contributed by atoms with Crippen LogP contribution in [0.25, 0.3) is 16.9 Å². The van der Waals surface area contributed by atoms with Crippen LogP contribution in [0.15, 0.2) is 47.8 Å². The quantitative estimate of drug-likeness (QED) is 0.747. The van der Waals surface area contributed by atoms with Crippen LogP contribution in [-0.2, 0) is 0 Å². The molecular formula is C15H11N3O4. The summed E-state index contributed by atoms with van der Waals surface area (Å²) in [6, 6.07) is 9.83. The number of aromatic carboxylic acids is 1. The van der Waals surface area contributed by atoms with Crippen molar-refractivity contribution in [1.29, 1.82) is 0 Å². The molecular weight excluding hydrogens is 286 g/mol. The van der Waals surface area contributed by atoms with E-state index in [-0.39, 0.29) is 11.4 Å². The molecule has 0 aliphatic heterocycles. The number of hydrogen-bond donors (Lipinski definition) is 1. The molecule has 0 aliphatic rings. The summed E-state index contributed by atoms with van der Waals surface area (Å²) in [5, 5.41) is 12.1. The Balaban J connectivity index is 2.24. The van der Waals surface area contributed by atoms with Crippen LogP contribution in [0.2, 0.25) is 0 Å². The summed E-state index contributed by atoms with van der Waals surface area (Å²) in [4.78, 5) is 26.5. The van der Waals surface area contributed by atoms with Gasteiger partial charge in [-0.3, -0.25) is 4.40 Å². The van der Waals surface area contributed by atoms with Gasteiger partial charge in [0, 0.05) is 11.8 Å². The predicted molar refractivity (Wildman–Crippen MR) is 79.6 cm³/mol. The van der Waals surface area contributed by atoms with Crippen molar-refractivity contribution in [3.63, 3.8) is 0 Å². The average molecular weight is 297 g/mol. The van der Waals surface area contributed by atoms with E-state index in [1.807, 2.05) is 0 Å². The molecule has 0 spiro atoms. The molecule has 0 saturated heterocycles. The highest BCUT2D eigenvalue weighted by molar-refractivity contribution is 5.89. The number of pyridine rings is 1. The molecule has 0 saturated carbocycles. The van der Waals surface area contributed by atoms with Gasteiger partial charge in [0.1, 0.15) is 17.1 Å². The van der Waals surface area contributed by atoms with Gasteiger partial charge in [-0.15, -0.1) is 4.91 Å². The molecule has 0 bridgehead atoms. The van der Waals surface area contributed by atoms with Gasteiger partial charge >= 0.3 is 5.97 Å². The second kappa shape index (κ2) is 5.28. The maximum atomic E-state index is 11.2. The van der Waals surface area contributed by atoms with Crippen molar-refractivity contribution in [2.75, 3.05) is 7.11 Å². The largest absolute Gasteiger partial charge is 0.497 e. The lowest BCUT2D eigenvalue weighted by atomic mass is 10.1. The first-order valence-corrected chi connectivity index (χ1v) is 6.37. The normalized spacial score (nSPS) is 10.6. The number of fused-ring (bicyclic) bond motifs is 1. The van der Waals surface area contributed by atoms with Crippen molar-refractivity contribution in [1.82, 2.24) is 9.38 Å². The van der Waals surface area contributed by atoms with E-state index < -0.39 is 5.97 Å². The molecule has 1 N–H and O–H groups in total. The number of carboxylic acids is 1. The predicted octanol–water partition coefficient (Wildman–Crippen LogP) is 3.11. The Labute approximate surface area is 124 Å². The fraction of sp³-hybridized carbons (Fsp3) is 0.0667. The summed E-state index contributed by atoms with van der Waals surface area (Å²) in [6.45, 7) is 0. The lowest BCUT2D eigenvalue weighted by Crippen LogP contribution is -1.97. The van der Waals surface area contributed by atoms with Crippen LogP contribution in [-0.4, -0.2) is 27.6 Å². The maximum Gasteiger partial charge on any atom is 0.335 e. The fourth-order valence-electron chi connectivity index (χ4n) is 2.22. The second-order valence-electron chi connectivity index (χ2n) is 4.56. The van der Waals surface area contributed by atoms with Crippen LogP contribution in [0, 0.1) is 4.91 Å².